The molecule has 0 saturated heterocycles. The third kappa shape index (κ3) is 5.23. The van der Waals surface area contributed by atoms with E-state index in [-0.39, 0.29) is 17.1 Å². The van der Waals surface area contributed by atoms with E-state index in [0.29, 0.717) is 13.1 Å². The number of hydrogen-bond acceptors (Lipinski definition) is 8. The van der Waals surface area contributed by atoms with Crippen molar-refractivity contribution in [3.05, 3.63) is 38.4 Å². The van der Waals surface area contributed by atoms with Crippen molar-refractivity contribution in [1.82, 2.24) is 0 Å². The Hall–Kier alpha value is -1.52. The number of nitrogens with two attached hydrogens (primary N) is 1. The van der Waals surface area contributed by atoms with Crippen LogP contribution in [0.15, 0.2) is 18.2 Å². The molecule has 3 N–H and O–H groups in total. The van der Waals surface area contributed by atoms with Crippen molar-refractivity contribution in [1.29, 1.82) is 0 Å². The summed E-state index contributed by atoms with van der Waals surface area (Å²) in [5.41, 5.74) is 5.04. The molecule has 0 saturated carbocycles. The average molecular weight is 318 g/mol. The molecule has 1 rings (SSSR count). The van der Waals surface area contributed by atoms with Crippen LogP contribution in [0.25, 0.3) is 0 Å². The summed E-state index contributed by atoms with van der Waals surface area (Å²) in [5.74, 6) is 1.60. The summed E-state index contributed by atoms with van der Waals surface area (Å²) in [7, 11) is 3.25. The summed E-state index contributed by atoms with van der Waals surface area (Å²) in [6.07, 6.45) is 0. The molecule has 0 fully saturated rings. The molecule has 0 bridgehead atoms. The molecule has 0 aliphatic heterocycles. The lowest BCUT2D eigenvalue weighted by Gasteiger charge is -2.06. The van der Waals surface area contributed by atoms with Gasteiger partial charge in [0.25, 0.3) is 11.4 Å². The second kappa shape index (κ2) is 8.61. The van der Waals surface area contributed by atoms with Crippen molar-refractivity contribution in [2.75, 3.05) is 29.9 Å². The molecule has 0 unspecified atom stereocenters. The van der Waals surface area contributed by atoms with E-state index >= 15 is 0 Å². The first kappa shape index (κ1) is 16.5. The van der Waals surface area contributed by atoms with E-state index in [9.17, 15) is 20.2 Å². The molecule has 0 aliphatic carbocycles. The van der Waals surface area contributed by atoms with Crippen LogP contribution >= 0.6 is 21.6 Å². The highest BCUT2D eigenvalue weighted by Crippen LogP contribution is 2.29. The highest BCUT2D eigenvalue weighted by Gasteiger charge is 2.18. The molecule has 20 heavy (non-hydrogen) atoms. The monoisotopic (exact) mass is 318 g/mol. The standard InChI is InChI=1S/C10H14N4O4S2/c11-3-5-19-20-6-4-12-9-2-1-8(13(15)16)7-10(9)14(17)18/h1-2,7,12H,3-6,11H2. The van der Waals surface area contributed by atoms with Gasteiger partial charge in [0, 0.05) is 30.7 Å². The van der Waals surface area contributed by atoms with Crippen LogP contribution in [0.2, 0.25) is 0 Å². The summed E-state index contributed by atoms with van der Waals surface area (Å²) in [6, 6.07) is 3.55. The number of benzene rings is 1. The minimum atomic E-state index is -0.657. The minimum absolute atomic E-state index is 0.282. The van der Waals surface area contributed by atoms with E-state index in [2.05, 4.69) is 5.32 Å². The molecule has 0 aromatic heterocycles. The number of nitro groups is 2. The average Bonchev–Trinajstić information content (AvgIpc) is 2.42. The Balaban J connectivity index is 2.60. The van der Waals surface area contributed by atoms with Gasteiger partial charge in [0.2, 0.25) is 0 Å². The summed E-state index contributed by atoms with van der Waals surface area (Å²) < 4.78 is 0. The maximum Gasteiger partial charge on any atom is 0.299 e. The van der Waals surface area contributed by atoms with Gasteiger partial charge < -0.3 is 11.1 Å². The van der Waals surface area contributed by atoms with Gasteiger partial charge in [-0.3, -0.25) is 20.2 Å². The zero-order valence-corrected chi connectivity index (χ0v) is 12.1. The van der Waals surface area contributed by atoms with E-state index in [1.807, 2.05) is 0 Å². The lowest BCUT2D eigenvalue weighted by Crippen LogP contribution is -2.06. The fourth-order valence-electron chi connectivity index (χ4n) is 1.33. The second-order valence-electron chi connectivity index (χ2n) is 3.58. The summed E-state index contributed by atoms with van der Waals surface area (Å²) in [4.78, 5) is 20.2. The molecule has 0 amide bonds. The van der Waals surface area contributed by atoms with Crippen molar-refractivity contribution in [3.63, 3.8) is 0 Å². The zero-order valence-electron chi connectivity index (χ0n) is 10.5. The number of rotatable bonds is 9. The van der Waals surface area contributed by atoms with Crippen LogP contribution in [0, 0.1) is 20.2 Å². The van der Waals surface area contributed by atoms with Crippen LogP contribution in [0.1, 0.15) is 0 Å². The van der Waals surface area contributed by atoms with Crippen molar-refractivity contribution >= 4 is 38.6 Å². The zero-order chi connectivity index (χ0) is 15.0. The second-order valence-corrected chi connectivity index (χ2v) is 6.28. The molecular formula is C10H14N4O4S2. The Morgan fingerprint density at radius 3 is 2.45 bits per heavy atom. The molecule has 110 valence electrons. The van der Waals surface area contributed by atoms with Crippen molar-refractivity contribution < 1.29 is 9.85 Å². The maximum absolute atomic E-state index is 10.9. The minimum Gasteiger partial charge on any atom is -0.379 e. The normalized spacial score (nSPS) is 10.2. The number of hydrogen-bond donors (Lipinski definition) is 2. The topological polar surface area (TPSA) is 124 Å². The predicted octanol–water partition coefficient (Wildman–Crippen LogP) is 2.25. The number of anilines is 1. The van der Waals surface area contributed by atoms with E-state index in [1.54, 1.807) is 21.6 Å². The largest absolute Gasteiger partial charge is 0.379 e. The van der Waals surface area contributed by atoms with Gasteiger partial charge in [-0.25, -0.2) is 0 Å². The van der Waals surface area contributed by atoms with Gasteiger partial charge in [-0.1, -0.05) is 21.6 Å². The van der Waals surface area contributed by atoms with Crippen LogP contribution in [0.4, 0.5) is 17.1 Å². The number of non-ortho nitro benzene ring substituents is 1. The fourth-order valence-corrected chi connectivity index (χ4v) is 3.09. The molecule has 10 heteroatoms. The SMILES string of the molecule is NCCSSCCNc1ccc([N+](=O)[O-])cc1[N+](=O)[O-]. The van der Waals surface area contributed by atoms with Crippen LogP contribution in [-0.2, 0) is 0 Å². The van der Waals surface area contributed by atoms with E-state index < -0.39 is 9.85 Å². The molecule has 0 spiro atoms. The molecule has 1 aromatic rings. The van der Waals surface area contributed by atoms with Gasteiger partial charge in [0.1, 0.15) is 5.69 Å². The van der Waals surface area contributed by atoms with Crippen LogP contribution in [-0.4, -0.2) is 34.4 Å². The summed E-state index contributed by atoms with van der Waals surface area (Å²) in [5, 5.41) is 24.4. The summed E-state index contributed by atoms with van der Waals surface area (Å²) >= 11 is 0. The Morgan fingerprint density at radius 2 is 1.85 bits per heavy atom. The van der Waals surface area contributed by atoms with Gasteiger partial charge in [0.05, 0.1) is 15.9 Å². The van der Waals surface area contributed by atoms with Crippen molar-refractivity contribution in [2.24, 2.45) is 5.73 Å². The third-order valence-electron chi connectivity index (χ3n) is 2.17. The quantitative estimate of drug-likeness (QED) is 0.307. The molecule has 0 radical (unpaired) electrons. The molecular weight excluding hydrogens is 304 g/mol. The van der Waals surface area contributed by atoms with E-state index in [1.165, 1.54) is 12.1 Å². The molecule has 1 aromatic carbocycles. The van der Waals surface area contributed by atoms with Crippen LogP contribution in [0.5, 0.6) is 0 Å². The smallest absolute Gasteiger partial charge is 0.299 e. The van der Waals surface area contributed by atoms with Crippen LogP contribution < -0.4 is 11.1 Å². The van der Waals surface area contributed by atoms with Gasteiger partial charge in [-0.15, -0.1) is 0 Å². The lowest BCUT2D eigenvalue weighted by molar-refractivity contribution is -0.393. The van der Waals surface area contributed by atoms with Gasteiger partial charge >= 0.3 is 0 Å². The highest BCUT2D eigenvalue weighted by atomic mass is 33.1. The maximum atomic E-state index is 10.9. The lowest BCUT2D eigenvalue weighted by atomic mass is 10.2. The number of nitro benzene ring substituents is 2. The highest BCUT2D eigenvalue weighted by molar-refractivity contribution is 8.76. The van der Waals surface area contributed by atoms with Gasteiger partial charge in [-0.2, -0.15) is 0 Å². The van der Waals surface area contributed by atoms with E-state index in [0.717, 1.165) is 17.6 Å². The summed E-state index contributed by atoms with van der Waals surface area (Å²) in [6.45, 7) is 1.14. The van der Waals surface area contributed by atoms with Gasteiger partial charge in [-0.05, 0) is 6.07 Å². The Morgan fingerprint density at radius 1 is 1.15 bits per heavy atom. The fraction of sp³-hybridized carbons (Fsp3) is 0.400. The first-order chi connectivity index (χ1) is 9.56. The van der Waals surface area contributed by atoms with E-state index in [4.69, 9.17) is 5.73 Å². The molecule has 0 heterocycles. The Bertz CT molecular complexity index is 486. The predicted molar refractivity (Wildman–Crippen MR) is 82.2 cm³/mol. The first-order valence-corrected chi connectivity index (χ1v) is 8.16. The number of nitrogens with zero attached hydrogens (tertiary/aromatic N) is 2. The Kier molecular flexibility index (Phi) is 7.12. The van der Waals surface area contributed by atoms with Crippen molar-refractivity contribution in [3.8, 4) is 0 Å². The van der Waals surface area contributed by atoms with Crippen molar-refractivity contribution in [2.45, 2.75) is 0 Å². The Labute approximate surface area is 123 Å². The third-order valence-corrected chi connectivity index (χ3v) is 4.61. The van der Waals surface area contributed by atoms with Crippen LogP contribution in [0.3, 0.4) is 0 Å². The van der Waals surface area contributed by atoms with Gasteiger partial charge in [0.15, 0.2) is 0 Å². The number of nitrogens with one attached hydrogen (secondary N) is 1. The molecule has 8 nitrogen and oxygen atoms in total. The molecule has 0 atom stereocenters. The molecule has 0 aliphatic rings. The first-order valence-electron chi connectivity index (χ1n) is 5.67.